The van der Waals surface area contributed by atoms with Crippen LogP contribution in [0.15, 0.2) is 18.2 Å². The second-order valence-corrected chi connectivity index (χ2v) is 3.62. The number of anilines is 1. The predicted molar refractivity (Wildman–Crippen MR) is 60.0 cm³/mol. The molecule has 0 N–H and O–H groups in total. The molecule has 76 valence electrons. The Bertz CT molecular complexity index is 349. The Morgan fingerprint density at radius 3 is 2.50 bits per heavy atom. The summed E-state index contributed by atoms with van der Waals surface area (Å²) in [5.41, 5.74) is 3.29. The van der Waals surface area contributed by atoms with Crippen molar-refractivity contribution in [1.29, 1.82) is 0 Å². The molecule has 0 fully saturated rings. The summed E-state index contributed by atoms with van der Waals surface area (Å²) in [5, 5.41) is 0. The third-order valence-electron chi connectivity index (χ3n) is 2.37. The lowest BCUT2D eigenvalue weighted by atomic mass is 10.1. The lowest BCUT2D eigenvalue weighted by Gasteiger charge is -2.17. The summed E-state index contributed by atoms with van der Waals surface area (Å²) in [6, 6.07) is 5.91. The molecule has 0 spiro atoms. The zero-order chi connectivity index (χ0) is 10.7. The van der Waals surface area contributed by atoms with E-state index >= 15 is 0 Å². The molecule has 1 aromatic rings. The molecule has 0 aliphatic rings. The summed E-state index contributed by atoms with van der Waals surface area (Å²) in [5.74, 6) is -0.0708. The van der Waals surface area contributed by atoms with Gasteiger partial charge in [0.25, 0.3) is 0 Å². The zero-order valence-corrected chi connectivity index (χ0v) is 9.43. The fourth-order valence-corrected chi connectivity index (χ4v) is 1.35. The third-order valence-corrected chi connectivity index (χ3v) is 2.59. The summed E-state index contributed by atoms with van der Waals surface area (Å²) in [4.78, 5) is 12.9. The van der Waals surface area contributed by atoms with Crippen LogP contribution in [0, 0.1) is 13.8 Å². The van der Waals surface area contributed by atoms with Crippen molar-refractivity contribution in [3.8, 4) is 0 Å². The molecule has 0 atom stereocenters. The van der Waals surface area contributed by atoms with Gasteiger partial charge in [0, 0.05) is 12.7 Å². The molecular weight excluding hydrogens is 198 g/mol. The smallest absolute Gasteiger partial charge is 0.241 e. The number of alkyl halides is 1. The molecule has 0 bridgehead atoms. The van der Waals surface area contributed by atoms with Gasteiger partial charge in [-0.05, 0) is 37.1 Å². The minimum Gasteiger partial charge on any atom is -0.314 e. The molecule has 14 heavy (non-hydrogen) atoms. The lowest BCUT2D eigenvalue weighted by molar-refractivity contribution is -0.116. The van der Waals surface area contributed by atoms with Crippen molar-refractivity contribution < 1.29 is 4.79 Å². The SMILES string of the molecule is Cc1ccc(N(C)C(=O)CCl)cc1C. The molecule has 1 aromatic carbocycles. The first-order valence-corrected chi connectivity index (χ1v) is 4.99. The minimum atomic E-state index is -0.0880. The van der Waals surface area contributed by atoms with Crippen molar-refractivity contribution in [3.63, 3.8) is 0 Å². The Morgan fingerprint density at radius 1 is 1.36 bits per heavy atom. The van der Waals surface area contributed by atoms with Gasteiger partial charge in [0.1, 0.15) is 5.88 Å². The Balaban J connectivity index is 2.96. The Kier molecular flexibility index (Phi) is 3.53. The molecule has 0 saturated carbocycles. The first kappa shape index (κ1) is 11.1. The first-order chi connectivity index (χ1) is 6.56. The van der Waals surface area contributed by atoms with Gasteiger partial charge in [0.05, 0.1) is 0 Å². The van der Waals surface area contributed by atoms with Crippen LogP contribution in [0.5, 0.6) is 0 Å². The fraction of sp³-hybridized carbons (Fsp3) is 0.364. The Labute approximate surface area is 89.5 Å². The standard InChI is InChI=1S/C11H14ClNO/c1-8-4-5-10(6-9(8)2)13(3)11(14)7-12/h4-6H,7H2,1-3H3. The van der Waals surface area contributed by atoms with Gasteiger partial charge in [-0.2, -0.15) is 0 Å². The molecule has 0 unspecified atom stereocenters. The predicted octanol–water partition coefficient (Wildman–Crippen LogP) is 2.51. The van der Waals surface area contributed by atoms with Crippen LogP contribution in [0.1, 0.15) is 11.1 Å². The Hall–Kier alpha value is -1.02. The second kappa shape index (κ2) is 4.47. The van der Waals surface area contributed by atoms with Crippen molar-refractivity contribution in [2.75, 3.05) is 17.8 Å². The van der Waals surface area contributed by atoms with E-state index in [2.05, 4.69) is 0 Å². The number of amides is 1. The average molecular weight is 212 g/mol. The highest BCUT2D eigenvalue weighted by atomic mass is 35.5. The van der Waals surface area contributed by atoms with Gasteiger partial charge in [-0.15, -0.1) is 11.6 Å². The normalized spacial score (nSPS) is 10.0. The van der Waals surface area contributed by atoms with Gasteiger partial charge >= 0.3 is 0 Å². The van der Waals surface area contributed by atoms with Gasteiger partial charge in [0.15, 0.2) is 0 Å². The quantitative estimate of drug-likeness (QED) is 0.689. The number of carbonyl (C=O) groups is 1. The van der Waals surface area contributed by atoms with E-state index in [4.69, 9.17) is 11.6 Å². The number of nitrogens with zero attached hydrogens (tertiary/aromatic N) is 1. The van der Waals surface area contributed by atoms with Crippen molar-refractivity contribution in [3.05, 3.63) is 29.3 Å². The second-order valence-electron chi connectivity index (χ2n) is 3.35. The molecule has 0 aliphatic carbocycles. The summed E-state index contributed by atoms with van der Waals surface area (Å²) in [6.45, 7) is 4.07. The third kappa shape index (κ3) is 2.26. The van der Waals surface area contributed by atoms with Crippen LogP contribution in [0.2, 0.25) is 0 Å². The number of aryl methyl sites for hydroxylation is 2. The van der Waals surface area contributed by atoms with E-state index in [1.807, 2.05) is 32.0 Å². The number of hydrogen-bond donors (Lipinski definition) is 0. The largest absolute Gasteiger partial charge is 0.314 e. The molecule has 3 heteroatoms. The molecular formula is C11H14ClNO. The Morgan fingerprint density at radius 2 is 2.00 bits per heavy atom. The van der Waals surface area contributed by atoms with E-state index in [1.54, 1.807) is 11.9 Å². The first-order valence-electron chi connectivity index (χ1n) is 4.46. The van der Waals surface area contributed by atoms with E-state index in [-0.39, 0.29) is 11.8 Å². The lowest BCUT2D eigenvalue weighted by Crippen LogP contribution is -2.27. The van der Waals surface area contributed by atoms with Crippen LogP contribution in [-0.4, -0.2) is 18.8 Å². The minimum absolute atomic E-state index is 0.0173. The van der Waals surface area contributed by atoms with Gasteiger partial charge < -0.3 is 4.90 Å². The van der Waals surface area contributed by atoms with E-state index in [0.29, 0.717) is 0 Å². The average Bonchev–Trinajstić information content (AvgIpc) is 2.20. The molecule has 0 aliphatic heterocycles. The maximum absolute atomic E-state index is 11.3. The highest BCUT2D eigenvalue weighted by Crippen LogP contribution is 2.17. The van der Waals surface area contributed by atoms with Crippen molar-refractivity contribution in [1.82, 2.24) is 0 Å². The molecule has 0 saturated heterocycles. The number of benzene rings is 1. The van der Waals surface area contributed by atoms with Gasteiger partial charge in [-0.25, -0.2) is 0 Å². The van der Waals surface area contributed by atoms with E-state index in [0.717, 1.165) is 5.69 Å². The molecule has 2 nitrogen and oxygen atoms in total. The zero-order valence-electron chi connectivity index (χ0n) is 8.67. The molecule has 0 radical (unpaired) electrons. The molecule has 1 amide bonds. The van der Waals surface area contributed by atoms with Crippen molar-refractivity contribution in [2.45, 2.75) is 13.8 Å². The summed E-state index contributed by atoms with van der Waals surface area (Å²) >= 11 is 5.48. The van der Waals surface area contributed by atoms with E-state index < -0.39 is 0 Å². The van der Waals surface area contributed by atoms with Crippen LogP contribution in [-0.2, 0) is 4.79 Å². The monoisotopic (exact) mass is 211 g/mol. The van der Waals surface area contributed by atoms with Crippen LogP contribution in [0.3, 0.4) is 0 Å². The summed E-state index contributed by atoms with van der Waals surface area (Å²) in [6.07, 6.45) is 0. The number of rotatable bonds is 2. The topological polar surface area (TPSA) is 20.3 Å². The van der Waals surface area contributed by atoms with Crippen LogP contribution < -0.4 is 4.90 Å². The number of carbonyl (C=O) groups excluding carboxylic acids is 1. The van der Waals surface area contributed by atoms with Gasteiger partial charge in [-0.3, -0.25) is 4.79 Å². The summed E-state index contributed by atoms with van der Waals surface area (Å²) < 4.78 is 0. The van der Waals surface area contributed by atoms with Crippen LogP contribution >= 0.6 is 11.6 Å². The number of halogens is 1. The maximum Gasteiger partial charge on any atom is 0.241 e. The number of hydrogen-bond acceptors (Lipinski definition) is 1. The highest BCUT2D eigenvalue weighted by Gasteiger charge is 2.09. The van der Waals surface area contributed by atoms with Crippen LogP contribution in [0.4, 0.5) is 5.69 Å². The molecule has 0 heterocycles. The molecule has 0 aromatic heterocycles. The highest BCUT2D eigenvalue weighted by molar-refractivity contribution is 6.29. The van der Waals surface area contributed by atoms with E-state index in [9.17, 15) is 4.79 Å². The fourth-order valence-electron chi connectivity index (χ4n) is 1.17. The van der Waals surface area contributed by atoms with Crippen LogP contribution in [0.25, 0.3) is 0 Å². The van der Waals surface area contributed by atoms with Gasteiger partial charge in [-0.1, -0.05) is 6.07 Å². The van der Waals surface area contributed by atoms with Gasteiger partial charge in [0.2, 0.25) is 5.91 Å². The van der Waals surface area contributed by atoms with E-state index in [1.165, 1.54) is 11.1 Å². The van der Waals surface area contributed by atoms with Crippen molar-refractivity contribution in [2.24, 2.45) is 0 Å². The summed E-state index contributed by atoms with van der Waals surface area (Å²) in [7, 11) is 1.73. The maximum atomic E-state index is 11.3. The van der Waals surface area contributed by atoms with Crippen molar-refractivity contribution >= 4 is 23.2 Å². The molecule has 1 rings (SSSR count).